The number of nitrogens with one attached hydrogen (secondary N) is 1. The molecular weight excluding hydrogens is 212 g/mol. The van der Waals surface area contributed by atoms with E-state index in [1.54, 1.807) is 0 Å². The van der Waals surface area contributed by atoms with Crippen molar-refractivity contribution in [3.8, 4) is 0 Å². The number of rotatable bonds is 4. The molecule has 0 saturated heterocycles. The number of aromatic nitrogens is 3. The van der Waals surface area contributed by atoms with Crippen molar-refractivity contribution in [1.29, 1.82) is 0 Å². The highest BCUT2D eigenvalue weighted by Crippen LogP contribution is 2.35. The molecule has 2 unspecified atom stereocenters. The predicted octanol–water partition coefficient (Wildman–Crippen LogP) is 2.38. The van der Waals surface area contributed by atoms with Gasteiger partial charge in [0.15, 0.2) is 5.82 Å². The average molecular weight is 236 g/mol. The fraction of sp³-hybridized carbons (Fsp3) is 0.846. The zero-order chi connectivity index (χ0) is 12.3. The third-order valence-electron chi connectivity index (χ3n) is 3.62. The van der Waals surface area contributed by atoms with Crippen LogP contribution in [0.15, 0.2) is 6.33 Å². The summed E-state index contributed by atoms with van der Waals surface area (Å²) in [5.74, 6) is 2.54. The lowest BCUT2D eigenvalue weighted by Gasteiger charge is -2.31. The van der Waals surface area contributed by atoms with E-state index in [-0.39, 0.29) is 0 Å². The average Bonchev–Trinajstić information content (AvgIpc) is 2.73. The standard InChI is InChI=1S/C13H24N4/c1-4-14-8-13-15-9-17(16-13)12-6-10(2)5-11(3)7-12/h9-12,14H,4-8H2,1-3H3. The summed E-state index contributed by atoms with van der Waals surface area (Å²) >= 11 is 0. The summed E-state index contributed by atoms with van der Waals surface area (Å²) < 4.78 is 2.08. The minimum absolute atomic E-state index is 0.552. The predicted molar refractivity (Wildman–Crippen MR) is 68.6 cm³/mol. The first-order valence-electron chi connectivity index (χ1n) is 6.79. The van der Waals surface area contributed by atoms with E-state index >= 15 is 0 Å². The van der Waals surface area contributed by atoms with Crippen molar-refractivity contribution in [2.24, 2.45) is 11.8 Å². The summed E-state index contributed by atoms with van der Waals surface area (Å²) in [4.78, 5) is 4.37. The first-order chi connectivity index (χ1) is 8.19. The minimum atomic E-state index is 0.552. The maximum absolute atomic E-state index is 4.58. The monoisotopic (exact) mass is 236 g/mol. The lowest BCUT2D eigenvalue weighted by atomic mass is 9.80. The fourth-order valence-electron chi connectivity index (χ4n) is 2.92. The molecule has 2 atom stereocenters. The van der Waals surface area contributed by atoms with Crippen LogP contribution < -0.4 is 5.32 Å². The molecule has 1 aliphatic carbocycles. The number of hydrogen-bond donors (Lipinski definition) is 1. The highest BCUT2D eigenvalue weighted by atomic mass is 15.3. The summed E-state index contributed by atoms with van der Waals surface area (Å²) in [7, 11) is 0. The Labute approximate surface area is 104 Å². The van der Waals surface area contributed by atoms with Crippen molar-refractivity contribution in [2.75, 3.05) is 6.54 Å². The molecule has 0 bridgehead atoms. The molecule has 96 valence electrons. The number of nitrogens with zero attached hydrogens (tertiary/aromatic N) is 3. The van der Waals surface area contributed by atoms with Crippen molar-refractivity contribution in [1.82, 2.24) is 20.1 Å². The van der Waals surface area contributed by atoms with Gasteiger partial charge in [-0.3, -0.25) is 0 Å². The zero-order valence-corrected chi connectivity index (χ0v) is 11.2. The van der Waals surface area contributed by atoms with Gasteiger partial charge in [0.1, 0.15) is 6.33 Å². The second-order valence-electron chi connectivity index (χ2n) is 5.49. The highest BCUT2D eigenvalue weighted by molar-refractivity contribution is 4.85. The third-order valence-corrected chi connectivity index (χ3v) is 3.62. The van der Waals surface area contributed by atoms with Crippen LogP contribution in [0.3, 0.4) is 0 Å². The van der Waals surface area contributed by atoms with E-state index in [1.165, 1.54) is 19.3 Å². The molecule has 4 heteroatoms. The van der Waals surface area contributed by atoms with Gasteiger partial charge in [0.05, 0.1) is 12.6 Å². The van der Waals surface area contributed by atoms with Crippen LogP contribution in [-0.2, 0) is 6.54 Å². The van der Waals surface area contributed by atoms with Crippen LogP contribution in [0.2, 0.25) is 0 Å². The fourth-order valence-corrected chi connectivity index (χ4v) is 2.92. The lowest BCUT2D eigenvalue weighted by Crippen LogP contribution is -2.23. The maximum atomic E-state index is 4.58. The molecule has 1 heterocycles. The molecule has 0 radical (unpaired) electrons. The Morgan fingerprint density at radius 1 is 1.29 bits per heavy atom. The molecule has 1 aliphatic rings. The van der Waals surface area contributed by atoms with E-state index in [1.807, 2.05) is 6.33 Å². The van der Waals surface area contributed by atoms with Crippen LogP contribution in [0.4, 0.5) is 0 Å². The Morgan fingerprint density at radius 3 is 2.65 bits per heavy atom. The Balaban J connectivity index is 1.98. The molecule has 1 saturated carbocycles. The Morgan fingerprint density at radius 2 is 2.00 bits per heavy atom. The normalized spacial score (nSPS) is 29.5. The van der Waals surface area contributed by atoms with Crippen molar-refractivity contribution in [2.45, 2.75) is 52.6 Å². The summed E-state index contributed by atoms with van der Waals surface area (Å²) in [5.41, 5.74) is 0. The van der Waals surface area contributed by atoms with E-state index in [9.17, 15) is 0 Å². The summed E-state index contributed by atoms with van der Waals surface area (Å²) in [6.45, 7) is 8.53. The van der Waals surface area contributed by atoms with Gasteiger partial charge in [-0.15, -0.1) is 0 Å². The second kappa shape index (κ2) is 5.63. The summed E-state index contributed by atoms with van der Waals surface area (Å²) in [6.07, 6.45) is 5.75. The Kier molecular flexibility index (Phi) is 4.15. The largest absolute Gasteiger partial charge is 0.310 e. The van der Waals surface area contributed by atoms with Gasteiger partial charge >= 0.3 is 0 Å². The first kappa shape index (κ1) is 12.6. The summed E-state index contributed by atoms with van der Waals surface area (Å²) in [5, 5.41) is 7.84. The van der Waals surface area contributed by atoms with Crippen LogP contribution in [0.25, 0.3) is 0 Å². The van der Waals surface area contributed by atoms with Gasteiger partial charge in [-0.1, -0.05) is 20.8 Å². The highest BCUT2D eigenvalue weighted by Gasteiger charge is 2.25. The maximum Gasteiger partial charge on any atom is 0.164 e. The van der Waals surface area contributed by atoms with Crippen LogP contribution >= 0.6 is 0 Å². The van der Waals surface area contributed by atoms with Gasteiger partial charge in [0, 0.05) is 0 Å². The molecule has 2 rings (SSSR count). The molecule has 1 fully saturated rings. The van der Waals surface area contributed by atoms with Crippen molar-refractivity contribution in [3.05, 3.63) is 12.2 Å². The zero-order valence-electron chi connectivity index (χ0n) is 11.2. The summed E-state index contributed by atoms with van der Waals surface area (Å²) in [6, 6.07) is 0.552. The molecule has 17 heavy (non-hydrogen) atoms. The van der Waals surface area contributed by atoms with Gasteiger partial charge in [-0.2, -0.15) is 5.10 Å². The van der Waals surface area contributed by atoms with Gasteiger partial charge in [-0.05, 0) is 37.6 Å². The quantitative estimate of drug-likeness (QED) is 0.873. The van der Waals surface area contributed by atoms with Crippen LogP contribution in [0, 0.1) is 11.8 Å². The van der Waals surface area contributed by atoms with Crippen molar-refractivity contribution in [3.63, 3.8) is 0 Å². The molecule has 1 N–H and O–H groups in total. The van der Waals surface area contributed by atoms with E-state index in [2.05, 4.69) is 40.9 Å². The molecule has 4 nitrogen and oxygen atoms in total. The molecule has 0 amide bonds. The smallest absolute Gasteiger partial charge is 0.164 e. The van der Waals surface area contributed by atoms with Crippen molar-refractivity contribution >= 4 is 0 Å². The van der Waals surface area contributed by atoms with E-state index in [4.69, 9.17) is 0 Å². The SMILES string of the molecule is CCNCc1ncn(C2CC(C)CC(C)C2)n1. The van der Waals surface area contributed by atoms with Crippen LogP contribution in [0.1, 0.15) is 51.9 Å². The molecule has 0 aliphatic heterocycles. The van der Waals surface area contributed by atoms with Crippen LogP contribution in [-0.4, -0.2) is 21.3 Å². The van der Waals surface area contributed by atoms with Crippen LogP contribution in [0.5, 0.6) is 0 Å². The topological polar surface area (TPSA) is 42.7 Å². The number of hydrogen-bond acceptors (Lipinski definition) is 3. The van der Waals surface area contributed by atoms with Crippen molar-refractivity contribution < 1.29 is 0 Å². The third kappa shape index (κ3) is 3.28. The van der Waals surface area contributed by atoms with Gasteiger partial charge in [0.25, 0.3) is 0 Å². The Hall–Kier alpha value is -0.900. The van der Waals surface area contributed by atoms with E-state index in [0.29, 0.717) is 6.04 Å². The Bertz CT molecular complexity index is 337. The van der Waals surface area contributed by atoms with Gasteiger partial charge in [-0.25, -0.2) is 9.67 Å². The molecule has 0 spiro atoms. The molecule has 1 aromatic rings. The molecule has 0 aromatic carbocycles. The van der Waals surface area contributed by atoms with E-state index < -0.39 is 0 Å². The minimum Gasteiger partial charge on any atom is -0.310 e. The first-order valence-corrected chi connectivity index (χ1v) is 6.79. The van der Waals surface area contributed by atoms with E-state index in [0.717, 1.165) is 30.7 Å². The molecular formula is C13H24N4. The lowest BCUT2D eigenvalue weighted by molar-refractivity contribution is 0.209. The van der Waals surface area contributed by atoms with Gasteiger partial charge in [0.2, 0.25) is 0 Å². The molecule has 1 aromatic heterocycles. The second-order valence-corrected chi connectivity index (χ2v) is 5.49. The van der Waals surface area contributed by atoms with Gasteiger partial charge < -0.3 is 5.32 Å².